The van der Waals surface area contributed by atoms with E-state index in [1.54, 1.807) is 0 Å². The highest BCUT2D eigenvalue weighted by atomic mass is 16.7. The van der Waals surface area contributed by atoms with Gasteiger partial charge in [0.05, 0.1) is 19.6 Å². The highest BCUT2D eigenvalue weighted by molar-refractivity contribution is 5.81. The second-order valence-electron chi connectivity index (χ2n) is 6.83. The summed E-state index contributed by atoms with van der Waals surface area (Å²) >= 11 is 0. The van der Waals surface area contributed by atoms with E-state index in [4.69, 9.17) is 19.7 Å². The Labute approximate surface area is 150 Å². The third-order valence-corrected chi connectivity index (χ3v) is 4.09. The number of aliphatic hydroxyl groups is 5. The van der Waals surface area contributed by atoms with Crippen LogP contribution in [0.5, 0.6) is 0 Å². The number of ether oxygens (including phenoxy) is 2. The van der Waals surface area contributed by atoms with Gasteiger partial charge in [-0.05, 0) is 0 Å². The molecule has 1 amide bonds. The molecule has 0 unspecified atom stereocenters. The maximum atomic E-state index is 11.9. The molecular weight excluding hydrogens is 354 g/mol. The van der Waals surface area contributed by atoms with Crippen molar-refractivity contribution in [3.8, 4) is 0 Å². The first kappa shape index (κ1) is 22.7. The van der Waals surface area contributed by atoms with E-state index in [0.29, 0.717) is 0 Å². The summed E-state index contributed by atoms with van der Waals surface area (Å²) in [6.45, 7) is 1.97. The van der Waals surface area contributed by atoms with E-state index in [1.165, 1.54) is 13.8 Å². The molecule has 0 aromatic heterocycles. The molecule has 1 saturated heterocycles. The van der Waals surface area contributed by atoms with Gasteiger partial charge >= 0.3 is 5.97 Å². The van der Waals surface area contributed by atoms with Crippen LogP contribution in [-0.4, -0.2) is 99.1 Å². The number of hydrogen-bond donors (Lipinski definition) is 7. The third-order valence-electron chi connectivity index (χ3n) is 4.09. The molecule has 0 aromatic rings. The number of nitrogens with one attached hydrogen (secondary N) is 1. The van der Waals surface area contributed by atoms with Crippen LogP contribution in [-0.2, 0) is 19.1 Å². The standard InChI is InChI=1S/C15H27NO10/c1-15(2,12(23)13(24)16-4-3-8(18)19)6-25-14-11(22)10(21)9(20)7(5-17)26-14/h7,9-12,14,17,20-23H,3-6H2,1-2H3,(H,16,24)(H,18,19)/t7-,9-,10+,11-,12+,14-/m1/s1. The second-order valence-corrected chi connectivity index (χ2v) is 6.83. The molecule has 0 bridgehead atoms. The van der Waals surface area contributed by atoms with Gasteiger partial charge in [-0.2, -0.15) is 0 Å². The number of carboxylic acids is 1. The maximum Gasteiger partial charge on any atom is 0.305 e. The number of aliphatic carboxylic acids is 1. The summed E-state index contributed by atoms with van der Waals surface area (Å²) in [5.41, 5.74) is -1.15. The fourth-order valence-electron chi connectivity index (χ4n) is 2.33. The summed E-state index contributed by atoms with van der Waals surface area (Å²) < 4.78 is 10.5. The van der Waals surface area contributed by atoms with Gasteiger partial charge in [0.1, 0.15) is 30.5 Å². The zero-order valence-corrected chi connectivity index (χ0v) is 14.6. The van der Waals surface area contributed by atoms with Gasteiger partial charge < -0.3 is 45.4 Å². The van der Waals surface area contributed by atoms with Crippen LogP contribution in [0.2, 0.25) is 0 Å². The van der Waals surface area contributed by atoms with Crippen molar-refractivity contribution >= 4 is 11.9 Å². The average Bonchev–Trinajstić information content (AvgIpc) is 2.58. The predicted octanol–water partition coefficient (Wildman–Crippen LogP) is -3.22. The van der Waals surface area contributed by atoms with Crippen molar-refractivity contribution in [3.63, 3.8) is 0 Å². The van der Waals surface area contributed by atoms with Crippen molar-refractivity contribution in [1.82, 2.24) is 5.32 Å². The van der Waals surface area contributed by atoms with E-state index in [-0.39, 0.29) is 19.6 Å². The lowest BCUT2D eigenvalue weighted by Gasteiger charge is -2.41. The Hall–Kier alpha value is -1.34. The van der Waals surface area contributed by atoms with Crippen LogP contribution >= 0.6 is 0 Å². The van der Waals surface area contributed by atoms with Crippen molar-refractivity contribution < 1.29 is 49.7 Å². The molecule has 1 heterocycles. The fourth-order valence-corrected chi connectivity index (χ4v) is 2.33. The van der Waals surface area contributed by atoms with Crippen LogP contribution in [0.3, 0.4) is 0 Å². The van der Waals surface area contributed by atoms with E-state index >= 15 is 0 Å². The van der Waals surface area contributed by atoms with Crippen molar-refractivity contribution in [2.45, 2.75) is 57.1 Å². The minimum Gasteiger partial charge on any atom is -0.481 e. The molecule has 152 valence electrons. The number of rotatable bonds is 9. The quantitative estimate of drug-likeness (QED) is 0.214. The topological polar surface area (TPSA) is 186 Å². The zero-order valence-electron chi connectivity index (χ0n) is 14.6. The first-order chi connectivity index (χ1) is 12.0. The molecule has 1 aliphatic heterocycles. The number of aliphatic hydroxyl groups excluding tert-OH is 5. The molecule has 0 aromatic carbocycles. The summed E-state index contributed by atoms with van der Waals surface area (Å²) in [5, 5.41) is 59.4. The SMILES string of the molecule is CC(C)(CO[C@@H]1O[C@H](CO)[C@@H](O)[C@H](O)[C@H]1O)[C@@H](O)C(=O)NCCC(=O)O. The lowest BCUT2D eigenvalue weighted by atomic mass is 9.87. The molecule has 11 nitrogen and oxygen atoms in total. The molecule has 0 radical (unpaired) electrons. The lowest BCUT2D eigenvalue weighted by molar-refractivity contribution is -0.306. The summed E-state index contributed by atoms with van der Waals surface area (Å²) in [5.74, 6) is -1.88. The molecule has 1 fully saturated rings. The Bertz CT molecular complexity index is 483. The number of carboxylic acid groups (broad SMARTS) is 1. The largest absolute Gasteiger partial charge is 0.481 e. The Morgan fingerprint density at radius 3 is 2.35 bits per heavy atom. The zero-order chi connectivity index (χ0) is 20.1. The molecule has 1 aliphatic rings. The van der Waals surface area contributed by atoms with Gasteiger partial charge in [0.2, 0.25) is 5.91 Å². The minimum atomic E-state index is -1.60. The van der Waals surface area contributed by atoms with Gasteiger partial charge in [-0.15, -0.1) is 0 Å². The van der Waals surface area contributed by atoms with Crippen LogP contribution in [0, 0.1) is 5.41 Å². The van der Waals surface area contributed by atoms with Crippen LogP contribution in [0.15, 0.2) is 0 Å². The summed E-state index contributed by atoms with van der Waals surface area (Å²) in [6.07, 6.45) is -9.06. The van der Waals surface area contributed by atoms with Crippen LogP contribution in [0.1, 0.15) is 20.3 Å². The van der Waals surface area contributed by atoms with Gasteiger partial charge in [0.25, 0.3) is 0 Å². The molecule has 7 N–H and O–H groups in total. The number of carbonyl (C=O) groups excluding carboxylic acids is 1. The van der Waals surface area contributed by atoms with Gasteiger partial charge in [-0.1, -0.05) is 13.8 Å². The number of amides is 1. The van der Waals surface area contributed by atoms with Crippen molar-refractivity contribution in [2.24, 2.45) is 5.41 Å². The molecular formula is C15H27NO10. The first-order valence-corrected chi connectivity index (χ1v) is 8.11. The van der Waals surface area contributed by atoms with E-state index in [9.17, 15) is 30.0 Å². The first-order valence-electron chi connectivity index (χ1n) is 8.11. The minimum absolute atomic E-state index is 0.144. The Balaban J connectivity index is 2.60. The van der Waals surface area contributed by atoms with E-state index < -0.39 is 60.7 Å². The normalized spacial score (nSPS) is 30.7. The third kappa shape index (κ3) is 5.84. The van der Waals surface area contributed by atoms with Crippen LogP contribution in [0.4, 0.5) is 0 Å². The van der Waals surface area contributed by atoms with Crippen LogP contribution in [0.25, 0.3) is 0 Å². The average molecular weight is 381 g/mol. The molecule has 1 rings (SSSR count). The Morgan fingerprint density at radius 2 is 1.81 bits per heavy atom. The Morgan fingerprint density at radius 1 is 1.19 bits per heavy atom. The Kier molecular flexibility index (Phi) is 8.34. The van der Waals surface area contributed by atoms with E-state index in [0.717, 1.165) is 0 Å². The van der Waals surface area contributed by atoms with E-state index in [1.807, 2.05) is 0 Å². The molecule has 0 spiro atoms. The van der Waals surface area contributed by atoms with Crippen molar-refractivity contribution in [2.75, 3.05) is 19.8 Å². The van der Waals surface area contributed by atoms with Gasteiger partial charge in [0.15, 0.2) is 6.29 Å². The molecule has 26 heavy (non-hydrogen) atoms. The highest BCUT2D eigenvalue weighted by Gasteiger charge is 2.45. The fraction of sp³-hybridized carbons (Fsp3) is 0.867. The molecule has 0 saturated carbocycles. The summed E-state index contributed by atoms with van der Waals surface area (Å²) in [6, 6.07) is 0. The van der Waals surface area contributed by atoms with Crippen molar-refractivity contribution in [1.29, 1.82) is 0 Å². The van der Waals surface area contributed by atoms with Gasteiger partial charge in [-0.3, -0.25) is 9.59 Å². The lowest BCUT2D eigenvalue weighted by Crippen LogP contribution is -2.59. The summed E-state index contributed by atoms with van der Waals surface area (Å²) in [7, 11) is 0. The summed E-state index contributed by atoms with van der Waals surface area (Å²) in [4.78, 5) is 22.3. The smallest absolute Gasteiger partial charge is 0.305 e. The molecule has 6 atom stereocenters. The monoisotopic (exact) mass is 381 g/mol. The molecule has 0 aliphatic carbocycles. The molecule has 11 heteroatoms. The van der Waals surface area contributed by atoms with Crippen LogP contribution < -0.4 is 5.32 Å². The highest BCUT2D eigenvalue weighted by Crippen LogP contribution is 2.26. The predicted molar refractivity (Wildman–Crippen MR) is 84.8 cm³/mol. The van der Waals surface area contributed by atoms with E-state index in [2.05, 4.69) is 5.32 Å². The number of carbonyl (C=O) groups is 2. The van der Waals surface area contributed by atoms with Gasteiger partial charge in [-0.25, -0.2) is 0 Å². The number of hydrogen-bond acceptors (Lipinski definition) is 9. The van der Waals surface area contributed by atoms with Gasteiger partial charge in [0, 0.05) is 12.0 Å². The van der Waals surface area contributed by atoms with Crippen molar-refractivity contribution in [3.05, 3.63) is 0 Å². The maximum absolute atomic E-state index is 11.9. The second kappa shape index (κ2) is 9.55.